The quantitative estimate of drug-likeness (QED) is 0.556. The lowest BCUT2D eigenvalue weighted by atomic mass is 10.1. The van der Waals surface area contributed by atoms with Gasteiger partial charge in [0.2, 0.25) is 0 Å². The number of sulfonamides is 1. The van der Waals surface area contributed by atoms with Crippen molar-refractivity contribution in [3.8, 4) is 0 Å². The van der Waals surface area contributed by atoms with E-state index in [2.05, 4.69) is 9.71 Å². The minimum atomic E-state index is -3.71. The molecule has 12 heteroatoms. The molecule has 2 heterocycles. The number of fused-ring (bicyclic) bond motifs is 1. The van der Waals surface area contributed by atoms with Crippen LogP contribution in [0.1, 0.15) is 32.3 Å². The Morgan fingerprint density at radius 1 is 1.26 bits per heavy atom. The number of esters is 1. The fourth-order valence-electron chi connectivity index (χ4n) is 3.66. The SMILES string of the molecule is CC[C@H](C)N(C(=O)COC(=O)CN=C1NS(=O)(=O)c2ccccc21)[C@@H]1CCS(=O)(=O)C1. The molecule has 2 atom stereocenters. The van der Waals surface area contributed by atoms with Crippen molar-refractivity contribution in [1.29, 1.82) is 0 Å². The predicted molar refractivity (Wildman–Crippen MR) is 113 cm³/mol. The number of carbonyl (C=O) groups excluding carboxylic acids is 2. The lowest BCUT2D eigenvalue weighted by Crippen LogP contribution is -2.48. The molecule has 1 aromatic carbocycles. The van der Waals surface area contributed by atoms with Crippen LogP contribution in [0, 0.1) is 0 Å². The number of rotatable bonds is 7. The van der Waals surface area contributed by atoms with Crippen molar-refractivity contribution < 1.29 is 31.2 Å². The van der Waals surface area contributed by atoms with Crippen LogP contribution in [0.25, 0.3) is 0 Å². The van der Waals surface area contributed by atoms with E-state index in [1.807, 2.05) is 13.8 Å². The number of nitrogens with one attached hydrogen (secondary N) is 1. The average molecular weight is 472 g/mol. The minimum Gasteiger partial charge on any atom is -0.454 e. The lowest BCUT2D eigenvalue weighted by Gasteiger charge is -2.33. The molecule has 170 valence electrons. The monoisotopic (exact) mass is 471 g/mol. The third kappa shape index (κ3) is 5.24. The average Bonchev–Trinajstić information content (AvgIpc) is 3.20. The van der Waals surface area contributed by atoms with Crippen LogP contribution in [-0.4, -0.2) is 76.2 Å². The van der Waals surface area contributed by atoms with Crippen LogP contribution in [0.5, 0.6) is 0 Å². The Bertz CT molecular complexity index is 1110. The summed E-state index contributed by atoms with van der Waals surface area (Å²) in [5, 5.41) is 0. The predicted octanol–water partition coefficient (Wildman–Crippen LogP) is 0.0825. The van der Waals surface area contributed by atoms with Crippen LogP contribution in [0.15, 0.2) is 34.2 Å². The molecule has 0 bridgehead atoms. The van der Waals surface area contributed by atoms with Gasteiger partial charge in [-0.1, -0.05) is 19.1 Å². The molecule has 0 spiro atoms. The number of sulfone groups is 1. The third-order valence-electron chi connectivity index (χ3n) is 5.34. The van der Waals surface area contributed by atoms with E-state index in [9.17, 15) is 26.4 Å². The summed E-state index contributed by atoms with van der Waals surface area (Å²) in [5.74, 6) is -1.29. The maximum absolute atomic E-state index is 12.7. The first kappa shape index (κ1) is 23.2. The molecule has 0 unspecified atom stereocenters. The Morgan fingerprint density at radius 3 is 2.61 bits per heavy atom. The Kier molecular flexibility index (Phi) is 6.70. The number of amides is 1. The molecule has 2 aliphatic heterocycles. The molecule has 1 fully saturated rings. The van der Waals surface area contributed by atoms with Crippen LogP contribution in [0.3, 0.4) is 0 Å². The largest absolute Gasteiger partial charge is 0.454 e. The van der Waals surface area contributed by atoms with Gasteiger partial charge in [0, 0.05) is 17.6 Å². The molecule has 0 aliphatic carbocycles. The maximum atomic E-state index is 12.7. The van der Waals surface area contributed by atoms with Gasteiger partial charge in [-0.25, -0.2) is 16.8 Å². The molecule has 2 aliphatic rings. The van der Waals surface area contributed by atoms with Crippen LogP contribution in [0.4, 0.5) is 0 Å². The molecule has 1 aromatic rings. The summed E-state index contributed by atoms with van der Waals surface area (Å²) in [5.41, 5.74) is 0.358. The molecular formula is C19H25N3O7S2. The van der Waals surface area contributed by atoms with Gasteiger partial charge in [-0.05, 0) is 31.9 Å². The number of carbonyl (C=O) groups is 2. The highest BCUT2D eigenvalue weighted by atomic mass is 32.2. The second-order valence-electron chi connectivity index (χ2n) is 7.54. The molecule has 31 heavy (non-hydrogen) atoms. The number of ether oxygens (including phenoxy) is 1. The molecule has 1 N–H and O–H groups in total. The van der Waals surface area contributed by atoms with E-state index in [-0.39, 0.29) is 28.3 Å². The molecule has 3 rings (SSSR count). The first-order chi connectivity index (χ1) is 14.5. The Morgan fingerprint density at radius 2 is 1.97 bits per heavy atom. The van der Waals surface area contributed by atoms with Gasteiger partial charge >= 0.3 is 5.97 Å². The number of hydrogen-bond donors (Lipinski definition) is 1. The van der Waals surface area contributed by atoms with E-state index in [4.69, 9.17) is 4.74 Å². The van der Waals surface area contributed by atoms with Crippen molar-refractivity contribution in [3.05, 3.63) is 29.8 Å². The summed E-state index contributed by atoms with van der Waals surface area (Å²) in [4.78, 5) is 30.3. The van der Waals surface area contributed by atoms with E-state index in [1.54, 1.807) is 18.2 Å². The van der Waals surface area contributed by atoms with Crippen molar-refractivity contribution in [1.82, 2.24) is 9.62 Å². The number of amidine groups is 1. The molecular weight excluding hydrogens is 446 g/mol. The summed E-state index contributed by atoms with van der Waals surface area (Å²) in [6, 6.07) is 5.61. The summed E-state index contributed by atoms with van der Waals surface area (Å²) >= 11 is 0. The summed E-state index contributed by atoms with van der Waals surface area (Å²) in [6.07, 6.45) is 0.989. The van der Waals surface area contributed by atoms with E-state index in [0.717, 1.165) is 0 Å². The Labute approximate surface area is 181 Å². The standard InChI is InChI=1S/C19H25N3O7S2/c1-3-13(2)22(14-8-9-30(25,26)12-14)17(23)11-29-18(24)10-20-19-15-6-4-5-7-16(15)31(27,28)21-19/h4-7,13-14H,3,8-12H2,1-2H3,(H,20,21)/t13-,14+/m0/s1. The fourth-order valence-corrected chi connectivity index (χ4v) is 6.62. The summed E-state index contributed by atoms with van der Waals surface area (Å²) in [6.45, 7) is 2.70. The highest BCUT2D eigenvalue weighted by Crippen LogP contribution is 2.23. The lowest BCUT2D eigenvalue weighted by molar-refractivity contribution is -0.152. The maximum Gasteiger partial charge on any atom is 0.328 e. The third-order valence-corrected chi connectivity index (χ3v) is 8.49. The van der Waals surface area contributed by atoms with Gasteiger partial charge in [0.05, 0.1) is 16.4 Å². The highest BCUT2D eigenvalue weighted by Gasteiger charge is 2.37. The molecule has 1 saturated heterocycles. The van der Waals surface area contributed by atoms with Gasteiger partial charge in [0.1, 0.15) is 12.4 Å². The molecule has 0 aromatic heterocycles. The van der Waals surface area contributed by atoms with E-state index in [0.29, 0.717) is 18.4 Å². The summed E-state index contributed by atoms with van der Waals surface area (Å²) < 4.78 is 55.0. The number of benzene rings is 1. The van der Waals surface area contributed by atoms with Crippen LogP contribution in [-0.2, 0) is 34.2 Å². The summed E-state index contributed by atoms with van der Waals surface area (Å²) in [7, 11) is -6.89. The number of nitrogens with zero attached hydrogens (tertiary/aromatic N) is 2. The smallest absolute Gasteiger partial charge is 0.328 e. The Hall–Kier alpha value is -2.47. The zero-order valence-electron chi connectivity index (χ0n) is 17.3. The van der Waals surface area contributed by atoms with Gasteiger partial charge in [-0.15, -0.1) is 0 Å². The van der Waals surface area contributed by atoms with Gasteiger partial charge in [0.25, 0.3) is 15.9 Å². The van der Waals surface area contributed by atoms with Crippen LogP contribution >= 0.6 is 0 Å². The van der Waals surface area contributed by atoms with Crippen molar-refractivity contribution in [2.24, 2.45) is 4.99 Å². The molecule has 10 nitrogen and oxygen atoms in total. The van der Waals surface area contributed by atoms with Crippen molar-refractivity contribution in [2.75, 3.05) is 24.7 Å². The van der Waals surface area contributed by atoms with E-state index in [1.165, 1.54) is 11.0 Å². The van der Waals surface area contributed by atoms with Gasteiger partial charge in [-0.2, -0.15) is 0 Å². The Balaban J connectivity index is 1.61. The van der Waals surface area contributed by atoms with Crippen molar-refractivity contribution >= 4 is 37.6 Å². The normalized spacial score (nSPS) is 23.0. The first-order valence-electron chi connectivity index (χ1n) is 9.88. The zero-order valence-corrected chi connectivity index (χ0v) is 18.9. The van der Waals surface area contributed by atoms with E-state index >= 15 is 0 Å². The molecule has 1 amide bonds. The van der Waals surface area contributed by atoms with Crippen LogP contribution < -0.4 is 4.72 Å². The van der Waals surface area contributed by atoms with Crippen LogP contribution in [0.2, 0.25) is 0 Å². The van der Waals surface area contributed by atoms with Crippen molar-refractivity contribution in [3.63, 3.8) is 0 Å². The number of hydrogen-bond acceptors (Lipinski definition) is 8. The van der Waals surface area contributed by atoms with Crippen molar-refractivity contribution in [2.45, 2.75) is 43.7 Å². The molecule has 0 radical (unpaired) electrons. The number of aliphatic imine (C=N–C) groups is 1. The van der Waals surface area contributed by atoms with E-state index < -0.39 is 50.9 Å². The topological polar surface area (TPSA) is 139 Å². The first-order valence-corrected chi connectivity index (χ1v) is 13.2. The zero-order chi connectivity index (χ0) is 22.8. The van der Waals surface area contributed by atoms with Gasteiger partial charge < -0.3 is 9.64 Å². The van der Waals surface area contributed by atoms with Gasteiger partial charge in [0.15, 0.2) is 16.4 Å². The second kappa shape index (κ2) is 8.95. The highest BCUT2D eigenvalue weighted by molar-refractivity contribution is 7.91. The second-order valence-corrected chi connectivity index (χ2v) is 11.4. The molecule has 0 saturated carbocycles. The van der Waals surface area contributed by atoms with Gasteiger partial charge in [-0.3, -0.25) is 19.3 Å². The fraction of sp³-hybridized carbons (Fsp3) is 0.526. The minimum absolute atomic E-state index is 0.0343.